The standard InChI is InChI=1S/C10H12OS/c1-8-4-2-3-5-10(8)12-9-6-11-7-9/h2-5,9H,6-7H2,1H3. The Kier molecular flexibility index (Phi) is 2.38. The van der Waals surface area contributed by atoms with E-state index in [1.54, 1.807) is 0 Å². The van der Waals surface area contributed by atoms with Gasteiger partial charge in [-0.3, -0.25) is 0 Å². The molecule has 0 unspecified atom stereocenters. The molecule has 0 radical (unpaired) electrons. The predicted octanol–water partition coefficient (Wildman–Crippen LogP) is 2.49. The van der Waals surface area contributed by atoms with Gasteiger partial charge in [0.05, 0.1) is 18.5 Å². The fraction of sp³-hybridized carbons (Fsp3) is 0.400. The lowest BCUT2D eigenvalue weighted by atomic mass is 10.2. The van der Waals surface area contributed by atoms with Gasteiger partial charge in [-0.25, -0.2) is 0 Å². The molecule has 0 aliphatic carbocycles. The number of thioether (sulfide) groups is 1. The average molecular weight is 180 g/mol. The van der Waals surface area contributed by atoms with Crippen molar-refractivity contribution in [1.82, 2.24) is 0 Å². The first kappa shape index (κ1) is 8.14. The molecule has 0 spiro atoms. The summed E-state index contributed by atoms with van der Waals surface area (Å²) in [6.45, 7) is 3.99. The van der Waals surface area contributed by atoms with Gasteiger partial charge in [0.2, 0.25) is 0 Å². The molecule has 2 rings (SSSR count). The van der Waals surface area contributed by atoms with Crippen molar-refractivity contribution >= 4 is 11.8 Å². The molecule has 0 atom stereocenters. The van der Waals surface area contributed by atoms with Crippen molar-refractivity contribution in [3.05, 3.63) is 29.8 Å². The zero-order valence-corrected chi connectivity index (χ0v) is 7.93. The number of benzene rings is 1. The third-order valence-corrected chi connectivity index (χ3v) is 3.31. The number of hydrogen-bond acceptors (Lipinski definition) is 2. The lowest BCUT2D eigenvalue weighted by molar-refractivity contribution is 0.0455. The van der Waals surface area contributed by atoms with E-state index in [0.717, 1.165) is 13.2 Å². The van der Waals surface area contributed by atoms with E-state index in [2.05, 4.69) is 31.2 Å². The van der Waals surface area contributed by atoms with Crippen LogP contribution in [0.1, 0.15) is 5.56 Å². The van der Waals surface area contributed by atoms with Crippen LogP contribution in [0.2, 0.25) is 0 Å². The third-order valence-electron chi connectivity index (χ3n) is 1.99. The van der Waals surface area contributed by atoms with Crippen LogP contribution in [-0.4, -0.2) is 18.5 Å². The van der Waals surface area contributed by atoms with E-state index >= 15 is 0 Å². The quantitative estimate of drug-likeness (QED) is 0.691. The third kappa shape index (κ3) is 1.65. The number of rotatable bonds is 2. The molecule has 0 bridgehead atoms. The molecule has 2 heteroatoms. The van der Waals surface area contributed by atoms with E-state index in [1.165, 1.54) is 10.5 Å². The second-order valence-corrected chi connectivity index (χ2v) is 4.39. The van der Waals surface area contributed by atoms with Gasteiger partial charge in [0.25, 0.3) is 0 Å². The van der Waals surface area contributed by atoms with Crippen LogP contribution in [0, 0.1) is 6.92 Å². The van der Waals surface area contributed by atoms with E-state index in [9.17, 15) is 0 Å². The first-order valence-electron chi connectivity index (χ1n) is 4.16. The maximum atomic E-state index is 5.13. The van der Waals surface area contributed by atoms with E-state index in [1.807, 2.05) is 11.8 Å². The van der Waals surface area contributed by atoms with Crippen molar-refractivity contribution in [2.24, 2.45) is 0 Å². The molecular weight excluding hydrogens is 168 g/mol. The molecule has 0 N–H and O–H groups in total. The minimum Gasteiger partial charge on any atom is -0.379 e. The molecule has 0 amide bonds. The number of aryl methyl sites for hydroxylation is 1. The SMILES string of the molecule is Cc1ccccc1SC1COC1. The molecule has 1 aromatic carbocycles. The highest BCUT2D eigenvalue weighted by Gasteiger charge is 2.19. The van der Waals surface area contributed by atoms with E-state index < -0.39 is 0 Å². The zero-order valence-electron chi connectivity index (χ0n) is 7.12. The van der Waals surface area contributed by atoms with Gasteiger partial charge in [0, 0.05) is 4.90 Å². The Balaban J connectivity index is 2.06. The van der Waals surface area contributed by atoms with Gasteiger partial charge in [0.1, 0.15) is 0 Å². The Morgan fingerprint density at radius 1 is 1.33 bits per heavy atom. The molecule has 1 heterocycles. The summed E-state index contributed by atoms with van der Waals surface area (Å²) in [5, 5.41) is 0.686. The van der Waals surface area contributed by atoms with Crippen LogP contribution >= 0.6 is 11.8 Å². The highest BCUT2D eigenvalue weighted by atomic mass is 32.2. The van der Waals surface area contributed by atoms with Crippen molar-refractivity contribution < 1.29 is 4.74 Å². The second kappa shape index (κ2) is 3.50. The van der Waals surface area contributed by atoms with Crippen LogP contribution in [0.15, 0.2) is 29.2 Å². The van der Waals surface area contributed by atoms with E-state index in [-0.39, 0.29) is 0 Å². The maximum absolute atomic E-state index is 5.13. The largest absolute Gasteiger partial charge is 0.379 e. The summed E-state index contributed by atoms with van der Waals surface area (Å²) in [6.07, 6.45) is 0. The zero-order chi connectivity index (χ0) is 8.39. The molecule has 64 valence electrons. The Morgan fingerprint density at radius 3 is 2.67 bits per heavy atom. The van der Waals surface area contributed by atoms with Gasteiger partial charge in [0.15, 0.2) is 0 Å². The molecule has 1 aliphatic heterocycles. The van der Waals surface area contributed by atoms with Crippen molar-refractivity contribution in [1.29, 1.82) is 0 Å². The Morgan fingerprint density at radius 2 is 2.08 bits per heavy atom. The summed E-state index contributed by atoms with van der Waals surface area (Å²) in [4.78, 5) is 1.39. The van der Waals surface area contributed by atoms with Crippen LogP contribution in [0.4, 0.5) is 0 Å². The predicted molar refractivity (Wildman–Crippen MR) is 51.6 cm³/mol. The van der Waals surface area contributed by atoms with Gasteiger partial charge in [-0.15, -0.1) is 11.8 Å². The molecule has 1 fully saturated rings. The molecule has 0 saturated carbocycles. The first-order chi connectivity index (χ1) is 5.86. The molecule has 1 aliphatic rings. The normalized spacial score (nSPS) is 17.4. The van der Waals surface area contributed by atoms with Crippen LogP contribution in [0.25, 0.3) is 0 Å². The molecule has 1 nitrogen and oxygen atoms in total. The number of ether oxygens (including phenoxy) is 1. The Labute approximate surface area is 77.1 Å². The van der Waals surface area contributed by atoms with Crippen molar-refractivity contribution in [2.75, 3.05) is 13.2 Å². The fourth-order valence-electron chi connectivity index (χ4n) is 1.15. The second-order valence-electron chi connectivity index (χ2n) is 3.04. The molecule has 0 aromatic heterocycles. The van der Waals surface area contributed by atoms with Crippen molar-refractivity contribution in [2.45, 2.75) is 17.1 Å². The van der Waals surface area contributed by atoms with Crippen LogP contribution < -0.4 is 0 Å². The summed E-state index contributed by atoms with van der Waals surface area (Å²) >= 11 is 1.93. The summed E-state index contributed by atoms with van der Waals surface area (Å²) in [6, 6.07) is 8.51. The highest BCUT2D eigenvalue weighted by molar-refractivity contribution is 8.00. The van der Waals surface area contributed by atoms with Crippen molar-refractivity contribution in [3.8, 4) is 0 Å². The lowest BCUT2D eigenvalue weighted by Crippen LogP contribution is -2.30. The summed E-state index contributed by atoms with van der Waals surface area (Å²) < 4.78 is 5.13. The van der Waals surface area contributed by atoms with Gasteiger partial charge in [-0.1, -0.05) is 18.2 Å². The van der Waals surface area contributed by atoms with Crippen LogP contribution in [0.5, 0.6) is 0 Å². The molecule has 12 heavy (non-hydrogen) atoms. The van der Waals surface area contributed by atoms with Gasteiger partial charge in [-0.2, -0.15) is 0 Å². The average Bonchev–Trinajstić information content (AvgIpc) is 2.00. The summed E-state index contributed by atoms with van der Waals surface area (Å²) in [5.74, 6) is 0. The Hall–Kier alpha value is -0.470. The minimum absolute atomic E-state index is 0.686. The van der Waals surface area contributed by atoms with E-state index in [4.69, 9.17) is 4.74 Å². The van der Waals surface area contributed by atoms with Gasteiger partial charge < -0.3 is 4.74 Å². The topological polar surface area (TPSA) is 9.23 Å². The lowest BCUT2D eigenvalue weighted by Gasteiger charge is -2.25. The summed E-state index contributed by atoms with van der Waals surface area (Å²) in [7, 11) is 0. The van der Waals surface area contributed by atoms with Gasteiger partial charge in [-0.05, 0) is 18.6 Å². The molecule has 1 saturated heterocycles. The minimum atomic E-state index is 0.686. The first-order valence-corrected chi connectivity index (χ1v) is 5.04. The fourth-order valence-corrected chi connectivity index (χ4v) is 2.25. The summed E-state index contributed by atoms with van der Waals surface area (Å²) in [5.41, 5.74) is 1.37. The van der Waals surface area contributed by atoms with Crippen LogP contribution in [0.3, 0.4) is 0 Å². The smallest absolute Gasteiger partial charge is 0.0611 e. The molecular formula is C10H12OS. The number of hydrogen-bond donors (Lipinski definition) is 0. The van der Waals surface area contributed by atoms with E-state index in [0.29, 0.717) is 5.25 Å². The maximum Gasteiger partial charge on any atom is 0.0611 e. The Bertz CT molecular complexity index is 268. The monoisotopic (exact) mass is 180 g/mol. The van der Waals surface area contributed by atoms with Crippen molar-refractivity contribution in [3.63, 3.8) is 0 Å². The van der Waals surface area contributed by atoms with Gasteiger partial charge >= 0.3 is 0 Å². The van der Waals surface area contributed by atoms with Crippen LogP contribution in [-0.2, 0) is 4.74 Å². The molecule has 1 aromatic rings. The highest BCUT2D eigenvalue weighted by Crippen LogP contribution is 2.29.